The van der Waals surface area contributed by atoms with Gasteiger partial charge in [0, 0.05) is 37.5 Å². The summed E-state index contributed by atoms with van der Waals surface area (Å²) in [5.74, 6) is 0. The maximum absolute atomic E-state index is 12.3. The van der Waals surface area contributed by atoms with Gasteiger partial charge in [0.05, 0.1) is 23.0 Å². The Bertz CT molecular complexity index is 876. The molecule has 0 atom stereocenters. The zero-order valence-electron chi connectivity index (χ0n) is 14.7. The molecule has 1 saturated heterocycles. The fourth-order valence-electron chi connectivity index (χ4n) is 2.86. The van der Waals surface area contributed by atoms with Crippen LogP contribution in [-0.2, 0) is 21.2 Å². The summed E-state index contributed by atoms with van der Waals surface area (Å²) in [5.41, 5.74) is 2.02. The van der Waals surface area contributed by atoms with Crippen LogP contribution in [0.5, 0.6) is 0 Å². The van der Waals surface area contributed by atoms with Gasteiger partial charge in [-0.2, -0.15) is 0 Å². The van der Waals surface area contributed by atoms with Crippen molar-refractivity contribution in [1.29, 1.82) is 0 Å². The van der Waals surface area contributed by atoms with E-state index in [-0.39, 0.29) is 17.1 Å². The Morgan fingerprint density at radius 2 is 1.67 bits per heavy atom. The van der Waals surface area contributed by atoms with E-state index in [1.807, 2.05) is 24.3 Å². The standard InChI is InChI=1S/C18H21N3O5S/c22-21(23)17-5-7-18(8-6-17)27(24,25)19-10-9-15-1-3-16(4-2-15)20-11-13-26-14-12-20/h1-8,19H,9-14H2. The first kappa shape index (κ1) is 19.3. The highest BCUT2D eigenvalue weighted by Gasteiger charge is 2.15. The van der Waals surface area contributed by atoms with Crippen LogP contribution in [0.25, 0.3) is 0 Å². The van der Waals surface area contributed by atoms with E-state index < -0.39 is 14.9 Å². The third-order valence-electron chi connectivity index (χ3n) is 4.38. The number of non-ortho nitro benzene ring substituents is 1. The van der Waals surface area contributed by atoms with Gasteiger partial charge in [0.1, 0.15) is 0 Å². The van der Waals surface area contributed by atoms with E-state index in [1.54, 1.807) is 0 Å². The van der Waals surface area contributed by atoms with Crippen molar-refractivity contribution in [3.8, 4) is 0 Å². The quantitative estimate of drug-likeness (QED) is 0.572. The second kappa shape index (κ2) is 8.47. The van der Waals surface area contributed by atoms with Gasteiger partial charge in [0.25, 0.3) is 5.69 Å². The lowest BCUT2D eigenvalue weighted by molar-refractivity contribution is -0.384. The van der Waals surface area contributed by atoms with Gasteiger partial charge in [-0.3, -0.25) is 10.1 Å². The summed E-state index contributed by atoms with van der Waals surface area (Å²) in [6.45, 7) is 3.44. The number of rotatable bonds is 7. The maximum atomic E-state index is 12.3. The van der Waals surface area contributed by atoms with Crippen molar-refractivity contribution in [3.63, 3.8) is 0 Å². The minimum Gasteiger partial charge on any atom is -0.378 e. The number of anilines is 1. The van der Waals surface area contributed by atoms with Crippen molar-refractivity contribution in [2.45, 2.75) is 11.3 Å². The minimum atomic E-state index is -3.69. The van der Waals surface area contributed by atoms with Crippen LogP contribution in [0.4, 0.5) is 11.4 Å². The molecule has 0 spiro atoms. The van der Waals surface area contributed by atoms with Gasteiger partial charge in [-0.1, -0.05) is 12.1 Å². The number of ether oxygens (including phenoxy) is 1. The Kier molecular flexibility index (Phi) is 6.04. The lowest BCUT2D eigenvalue weighted by Gasteiger charge is -2.28. The fourth-order valence-corrected chi connectivity index (χ4v) is 3.89. The average Bonchev–Trinajstić information content (AvgIpc) is 2.69. The predicted molar refractivity (Wildman–Crippen MR) is 101 cm³/mol. The number of hydrogen-bond donors (Lipinski definition) is 1. The summed E-state index contributed by atoms with van der Waals surface area (Å²) < 4.78 is 32.4. The summed E-state index contributed by atoms with van der Waals surface area (Å²) in [5, 5.41) is 10.6. The van der Waals surface area contributed by atoms with E-state index >= 15 is 0 Å². The Morgan fingerprint density at radius 3 is 2.26 bits per heavy atom. The zero-order chi connectivity index (χ0) is 19.3. The molecule has 0 amide bonds. The Balaban J connectivity index is 1.54. The Labute approximate surface area is 158 Å². The number of nitro benzene ring substituents is 1. The van der Waals surface area contributed by atoms with Crippen LogP contribution in [0.15, 0.2) is 53.4 Å². The van der Waals surface area contributed by atoms with E-state index in [2.05, 4.69) is 9.62 Å². The van der Waals surface area contributed by atoms with Crippen LogP contribution in [0.3, 0.4) is 0 Å². The Hall–Kier alpha value is -2.49. The molecule has 1 aliphatic rings. The molecule has 0 radical (unpaired) electrons. The van der Waals surface area contributed by atoms with Gasteiger partial charge in [-0.15, -0.1) is 0 Å². The summed E-state index contributed by atoms with van der Waals surface area (Å²) in [6.07, 6.45) is 0.551. The number of hydrogen-bond acceptors (Lipinski definition) is 6. The molecule has 1 aliphatic heterocycles. The SMILES string of the molecule is O=[N+]([O-])c1ccc(S(=O)(=O)NCCc2ccc(N3CCOCC3)cc2)cc1. The molecule has 1 N–H and O–H groups in total. The molecule has 0 saturated carbocycles. The zero-order valence-corrected chi connectivity index (χ0v) is 15.5. The lowest BCUT2D eigenvalue weighted by Crippen LogP contribution is -2.36. The van der Waals surface area contributed by atoms with Crippen LogP contribution in [0, 0.1) is 10.1 Å². The maximum Gasteiger partial charge on any atom is 0.269 e. The number of benzene rings is 2. The van der Waals surface area contributed by atoms with Gasteiger partial charge < -0.3 is 9.64 Å². The number of morpholine rings is 1. The van der Waals surface area contributed by atoms with Crippen LogP contribution in [0.1, 0.15) is 5.56 Å². The second-order valence-corrected chi connectivity index (χ2v) is 7.93. The number of nitrogens with zero attached hydrogens (tertiary/aromatic N) is 2. The van der Waals surface area contributed by atoms with E-state index in [1.165, 1.54) is 24.3 Å². The van der Waals surface area contributed by atoms with Crippen LogP contribution in [0.2, 0.25) is 0 Å². The molecule has 27 heavy (non-hydrogen) atoms. The van der Waals surface area contributed by atoms with Crippen LogP contribution >= 0.6 is 0 Å². The van der Waals surface area contributed by atoms with Crippen LogP contribution < -0.4 is 9.62 Å². The molecular formula is C18H21N3O5S. The van der Waals surface area contributed by atoms with Gasteiger partial charge in [0.2, 0.25) is 10.0 Å². The number of nitro groups is 1. The lowest BCUT2D eigenvalue weighted by atomic mass is 10.1. The summed E-state index contributed by atoms with van der Waals surface area (Å²) in [4.78, 5) is 12.3. The smallest absolute Gasteiger partial charge is 0.269 e. The van der Waals surface area contributed by atoms with Gasteiger partial charge in [0.15, 0.2) is 0 Å². The van der Waals surface area contributed by atoms with Crippen molar-refractivity contribution < 1.29 is 18.1 Å². The molecule has 0 aromatic heterocycles. The van der Waals surface area contributed by atoms with Crippen LogP contribution in [-0.4, -0.2) is 46.2 Å². The molecule has 3 rings (SSSR count). The van der Waals surface area contributed by atoms with Crippen molar-refractivity contribution >= 4 is 21.4 Å². The van der Waals surface area contributed by atoms with E-state index in [0.29, 0.717) is 6.42 Å². The van der Waals surface area contributed by atoms with E-state index in [4.69, 9.17) is 4.74 Å². The highest BCUT2D eigenvalue weighted by atomic mass is 32.2. The molecule has 8 nitrogen and oxygen atoms in total. The molecule has 0 aliphatic carbocycles. The highest BCUT2D eigenvalue weighted by Crippen LogP contribution is 2.18. The third-order valence-corrected chi connectivity index (χ3v) is 5.85. The van der Waals surface area contributed by atoms with Crippen molar-refractivity contribution in [2.75, 3.05) is 37.7 Å². The van der Waals surface area contributed by atoms with Gasteiger partial charge >= 0.3 is 0 Å². The Morgan fingerprint density at radius 1 is 1.04 bits per heavy atom. The van der Waals surface area contributed by atoms with Crippen molar-refractivity contribution in [2.24, 2.45) is 0 Å². The molecule has 144 valence electrons. The van der Waals surface area contributed by atoms with E-state index in [9.17, 15) is 18.5 Å². The highest BCUT2D eigenvalue weighted by molar-refractivity contribution is 7.89. The van der Waals surface area contributed by atoms with Crippen molar-refractivity contribution in [3.05, 3.63) is 64.2 Å². The fraction of sp³-hybridized carbons (Fsp3) is 0.333. The number of nitrogens with one attached hydrogen (secondary N) is 1. The second-order valence-electron chi connectivity index (χ2n) is 6.16. The molecule has 1 heterocycles. The first-order valence-electron chi connectivity index (χ1n) is 8.61. The molecular weight excluding hydrogens is 370 g/mol. The first-order valence-corrected chi connectivity index (χ1v) is 10.1. The average molecular weight is 391 g/mol. The monoisotopic (exact) mass is 391 g/mol. The molecule has 0 bridgehead atoms. The number of sulfonamides is 1. The first-order chi connectivity index (χ1) is 13.0. The van der Waals surface area contributed by atoms with E-state index in [0.717, 1.165) is 37.6 Å². The molecule has 9 heteroatoms. The van der Waals surface area contributed by atoms with Gasteiger partial charge in [-0.25, -0.2) is 13.1 Å². The van der Waals surface area contributed by atoms with Gasteiger partial charge in [-0.05, 0) is 36.2 Å². The molecule has 2 aromatic rings. The summed E-state index contributed by atoms with van der Waals surface area (Å²) >= 11 is 0. The van der Waals surface area contributed by atoms with Crippen molar-refractivity contribution in [1.82, 2.24) is 4.72 Å². The summed E-state index contributed by atoms with van der Waals surface area (Å²) in [6, 6.07) is 12.9. The molecule has 2 aromatic carbocycles. The predicted octanol–water partition coefficient (Wildman–Crippen LogP) is 1.95. The molecule has 1 fully saturated rings. The normalized spacial score (nSPS) is 14.9. The molecule has 0 unspecified atom stereocenters. The minimum absolute atomic E-state index is 0.00997. The topological polar surface area (TPSA) is 102 Å². The largest absolute Gasteiger partial charge is 0.378 e. The summed E-state index contributed by atoms with van der Waals surface area (Å²) in [7, 11) is -3.69. The third kappa shape index (κ3) is 5.03.